The normalized spacial score (nSPS) is 31.3. The highest BCUT2D eigenvalue weighted by Crippen LogP contribution is 2.33. The third-order valence-electron chi connectivity index (χ3n) is 3.45. The van der Waals surface area contributed by atoms with Crippen LogP contribution in [0, 0.1) is 11.8 Å². The number of likely N-dealkylation sites (tertiary alicyclic amines) is 1. The molecule has 3 atom stereocenters. The Bertz CT molecular complexity index is 364. The minimum absolute atomic E-state index is 0.00461. The van der Waals surface area contributed by atoms with Crippen LogP contribution in [0.25, 0.3) is 0 Å². The molecule has 0 aromatic heterocycles. The number of carboxylic acid groups (broad SMARTS) is 1. The zero-order valence-electron chi connectivity index (χ0n) is 11.0. The Balaban J connectivity index is 2.12. The van der Waals surface area contributed by atoms with Crippen LogP contribution in [0.3, 0.4) is 0 Å². The minimum atomic E-state index is -0.947. The van der Waals surface area contributed by atoms with Crippen molar-refractivity contribution in [2.75, 3.05) is 19.6 Å². The number of rotatable bonds is 1. The van der Waals surface area contributed by atoms with Crippen LogP contribution in [0.15, 0.2) is 0 Å². The van der Waals surface area contributed by atoms with Crippen molar-refractivity contribution in [3.8, 4) is 0 Å². The molecular weight excluding hydrogens is 236 g/mol. The standard InChI is InChI=1S/C12H20N2O4/c1-12(2,3)18-11(17)14-6-7-4-13-5-8(7)9(14)10(15)16/h7-9,13H,4-6H2,1-3H3,(H,15,16). The van der Waals surface area contributed by atoms with Gasteiger partial charge in [0, 0.05) is 25.6 Å². The summed E-state index contributed by atoms with van der Waals surface area (Å²) in [5.74, 6) is -0.731. The monoisotopic (exact) mass is 256 g/mol. The topological polar surface area (TPSA) is 78.9 Å². The number of nitrogens with one attached hydrogen (secondary N) is 1. The Labute approximate surface area is 106 Å². The molecule has 2 fully saturated rings. The maximum atomic E-state index is 12.0. The third kappa shape index (κ3) is 2.43. The molecule has 0 radical (unpaired) electrons. The lowest BCUT2D eigenvalue weighted by molar-refractivity contribution is -0.143. The predicted octanol–water partition coefficient (Wildman–Crippen LogP) is 0.526. The summed E-state index contributed by atoms with van der Waals surface area (Å²) >= 11 is 0. The first kappa shape index (κ1) is 13.1. The Hall–Kier alpha value is -1.30. The molecule has 18 heavy (non-hydrogen) atoms. The van der Waals surface area contributed by atoms with Gasteiger partial charge in [-0.3, -0.25) is 4.90 Å². The second-order valence-corrected chi connectivity index (χ2v) is 6.00. The van der Waals surface area contributed by atoms with E-state index >= 15 is 0 Å². The Morgan fingerprint density at radius 1 is 1.33 bits per heavy atom. The van der Waals surface area contributed by atoms with Crippen LogP contribution < -0.4 is 5.32 Å². The molecule has 0 bridgehead atoms. The third-order valence-corrected chi connectivity index (χ3v) is 3.45. The molecule has 1 amide bonds. The van der Waals surface area contributed by atoms with E-state index in [1.54, 1.807) is 20.8 Å². The molecule has 2 heterocycles. The number of hydrogen-bond acceptors (Lipinski definition) is 4. The van der Waals surface area contributed by atoms with Crippen molar-refractivity contribution in [3.05, 3.63) is 0 Å². The molecule has 0 aliphatic carbocycles. The smallest absolute Gasteiger partial charge is 0.411 e. The number of aliphatic carboxylic acids is 1. The molecule has 2 aliphatic heterocycles. The van der Waals surface area contributed by atoms with E-state index in [4.69, 9.17) is 4.74 Å². The molecular formula is C12H20N2O4. The number of hydrogen-bond donors (Lipinski definition) is 2. The van der Waals surface area contributed by atoms with Gasteiger partial charge in [-0.05, 0) is 26.7 Å². The summed E-state index contributed by atoms with van der Waals surface area (Å²) < 4.78 is 5.27. The van der Waals surface area contributed by atoms with Crippen molar-refractivity contribution < 1.29 is 19.4 Å². The van der Waals surface area contributed by atoms with Crippen LogP contribution in [-0.2, 0) is 9.53 Å². The Kier molecular flexibility index (Phi) is 3.23. The molecule has 2 N–H and O–H groups in total. The van der Waals surface area contributed by atoms with Crippen LogP contribution in [0.2, 0.25) is 0 Å². The average Bonchev–Trinajstić information content (AvgIpc) is 2.70. The van der Waals surface area contributed by atoms with Gasteiger partial charge in [-0.1, -0.05) is 0 Å². The van der Waals surface area contributed by atoms with Crippen molar-refractivity contribution in [2.45, 2.75) is 32.4 Å². The fourth-order valence-corrected chi connectivity index (χ4v) is 2.75. The highest BCUT2D eigenvalue weighted by Gasteiger charge is 2.50. The fourth-order valence-electron chi connectivity index (χ4n) is 2.75. The van der Waals surface area contributed by atoms with Crippen LogP contribution in [0.5, 0.6) is 0 Å². The summed E-state index contributed by atoms with van der Waals surface area (Å²) in [6.07, 6.45) is -0.524. The van der Waals surface area contributed by atoms with Crippen molar-refractivity contribution >= 4 is 12.1 Å². The van der Waals surface area contributed by atoms with Gasteiger partial charge in [0.05, 0.1) is 0 Å². The molecule has 0 aromatic carbocycles. The number of ether oxygens (including phenoxy) is 1. The van der Waals surface area contributed by atoms with E-state index in [-0.39, 0.29) is 11.8 Å². The molecule has 6 nitrogen and oxygen atoms in total. The van der Waals surface area contributed by atoms with E-state index in [0.717, 1.165) is 6.54 Å². The van der Waals surface area contributed by atoms with Gasteiger partial charge in [0.15, 0.2) is 0 Å². The first-order chi connectivity index (χ1) is 8.29. The quantitative estimate of drug-likeness (QED) is 0.715. The first-order valence-corrected chi connectivity index (χ1v) is 6.23. The zero-order valence-corrected chi connectivity index (χ0v) is 11.0. The van der Waals surface area contributed by atoms with Gasteiger partial charge in [-0.25, -0.2) is 9.59 Å². The molecule has 3 unspecified atom stereocenters. The summed E-state index contributed by atoms with van der Waals surface area (Å²) in [5, 5.41) is 12.5. The van der Waals surface area contributed by atoms with E-state index in [0.29, 0.717) is 13.1 Å². The second-order valence-electron chi connectivity index (χ2n) is 6.00. The van der Waals surface area contributed by atoms with Crippen molar-refractivity contribution in [3.63, 3.8) is 0 Å². The van der Waals surface area contributed by atoms with E-state index in [1.165, 1.54) is 4.90 Å². The Morgan fingerprint density at radius 3 is 2.56 bits per heavy atom. The van der Waals surface area contributed by atoms with Crippen LogP contribution in [0.1, 0.15) is 20.8 Å². The summed E-state index contributed by atoms with van der Waals surface area (Å²) in [7, 11) is 0. The Morgan fingerprint density at radius 2 is 2.00 bits per heavy atom. The maximum Gasteiger partial charge on any atom is 0.411 e. The number of fused-ring (bicyclic) bond motifs is 1. The second kappa shape index (κ2) is 4.42. The zero-order chi connectivity index (χ0) is 13.5. The van der Waals surface area contributed by atoms with Gasteiger partial charge in [0.25, 0.3) is 0 Å². The van der Waals surface area contributed by atoms with E-state index < -0.39 is 23.7 Å². The number of carbonyl (C=O) groups excluding carboxylic acids is 1. The molecule has 2 rings (SSSR count). The molecule has 0 saturated carbocycles. The SMILES string of the molecule is CC(C)(C)OC(=O)N1CC2CNCC2C1C(=O)O. The predicted molar refractivity (Wildman–Crippen MR) is 64.2 cm³/mol. The first-order valence-electron chi connectivity index (χ1n) is 6.23. The van der Waals surface area contributed by atoms with Gasteiger partial charge < -0.3 is 15.2 Å². The van der Waals surface area contributed by atoms with Gasteiger partial charge in [-0.2, -0.15) is 0 Å². The lowest BCUT2D eigenvalue weighted by Gasteiger charge is -2.28. The van der Waals surface area contributed by atoms with Crippen molar-refractivity contribution in [1.82, 2.24) is 10.2 Å². The molecule has 0 spiro atoms. The van der Waals surface area contributed by atoms with Crippen molar-refractivity contribution in [1.29, 1.82) is 0 Å². The van der Waals surface area contributed by atoms with Gasteiger partial charge in [0.2, 0.25) is 0 Å². The van der Waals surface area contributed by atoms with Crippen LogP contribution >= 0.6 is 0 Å². The number of carboxylic acids is 1. The van der Waals surface area contributed by atoms with Gasteiger partial charge >= 0.3 is 12.1 Å². The number of carbonyl (C=O) groups is 2. The van der Waals surface area contributed by atoms with Gasteiger partial charge in [0.1, 0.15) is 11.6 Å². The van der Waals surface area contributed by atoms with E-state index in [1.807, 2.05) is 0 Å². The number of amides is 1. The summed E-state index contributed by atoms with van der Waals surface area (Å²) in [6.45, 7) is 7.22. The molecule has 2 aliphatic rings. The van der Waals surface area contributed by atoms with Crippen LogP contribution in [0.4, 0.5) is 4.79 Å². The molecule has 6 heteroatoms. The lowest BCUT2D eigenvalue weighted by Crippen LogP contribution is -2.46. The average molecular weight is 256 g/mol. The van der Waals surface area contributed by atoms with E-state index in [9.17, 15) is 14.7 Å². The summed E-state index contributed by atoms with van der Waals surface area (Å²) in [5.41, 5.74) is -0.601. The highest BCUT2D eigenvalue weighted by atomic mass is 16.6. The fraction of sp³-hybridized carbons (Fsp3) is 0.833. The highest BCUT2D eigenvalue weighted by molar-refractivity contribution is 5.81. The number of nitrogens with zero attached hydrogens (tertiary/aromatic N) is 1. The minimum Gasteiger partial charge on any atom is -0.480 e. The molecule has 102 valence electrons. The lowest BCUT2D eigenvalue weighted by atomic mass is 9.94. The van der Waals surface area contributed by atoms with Gasteiger partial charge in [-0.15, -0.1) is 0 Å². The summed E-state index contributed by atoms with van der Waals surface area (Å²) in [6, 6.07) is -0.764. The van der Waals surface area contributed by atoms with Crippen molar-refractivity contribution in [2.24, 2.45) is 11.8 Å². The summed E-state index contributed by atoms with van der Waals surface area (Å²) in [4.78, 5) is 24.7. The van der Waals surface area contributed by atoms with E-state index in [2.05, 4.69) is 5.32 Å². The molecule has 2 saturated heterocycles. The van der Waals surface area contributed by atoms with Crippen LogP contribution in [-0.4, -0.2) is 53.3 Å². The molecule has 0 aromatic rings. The largest absolute Gasteiger partial charge is 0.480 e. The maximum absolute atomic E-state index is 12.0.